The van der Waals surface area contributed by atoms with E-state index in [1.807, 2.05) is 0 Å². The quantitative estimate of drug-likeness (QED) is 0.843. The second kappa shape index (κ2) is 5.72. The van der Waals surface area contributed by atoms with Gasteiger partial charge in [-0.15, -0.1) is 0 Å². The highest BCUT2D eigenvalue weighted by Gasteiger charge is 2.38. The molecule has 3 fully saturated rings. The first-order valence-corrected chi connectivity index (χ1v) is 8.94. The van der Waals surface area contributed by atoms with Crippen LogP contribution in [0.15, 0.2) is 0 Å². The molecule has 2 saturated heterocycles. The van der Waals surface area contributed by atoms with Crippen LogP contribution in [0.1, 0.15) is 33.1 Å². The lowest BCUT2D eigenvalue weighted by Crippen LogP contribution is -2.59. The molecule has 1 saturated carbocycles. The molecule has 3 aliphatic rings. The van der Waals surface area contributed by atoms with Crippen molar-refractivity contribution in [3.8, 4) is 0 Å². The highest BCUT2D eigenvalue weighted by atomic mass is 32.2. The van der Waals surface area contributed by atoms with Crippen molar-refractivity contribution in [2.24, 2.45) is 17.8 Å². The standard InChI is InChI=1S/C15H28N2S/c1-11(2)15-7-16-14(13-3-4-13)9-17(15)8-12-5-6-18-10-12/h11-16H,3-10H2,1-2H3. The zero-order valence-electron chi connectivity index (χ0n) is 11.9. The normalized spacial score (nSPS) is 38.5. The van der Waals surface area contributed by atoms with Crippen LogP contribution < -0.4 is 5.32 Å². The molecule has 3 rings (SSSR count). The highest BCUT2D eigenvalue weighted by Crippen LogP contribution is 2.35. The van der Waals surface area contributed by atoms with Crippen molar-refractivity contribution in [2.45, 2.75) is 45.2 Å². The van der Waals surface area contributed by atoms with Gasteiger partial charge in [0.15, 0.2) is 0 Å². The monoisotopic (exact) mass is 268 g/mol. The van der Waals surface area contributed by atoms with Crippen molar-refractivity contribution >= 4 is 11.8 Å². The molecule has 0 aromatic carbocycles. The summed E-state index contributed by atoms with van der Waals surface area (Å²) >= 11 is 2.16. The highest BCUT2D eigenvalue weighted by molar-refractivity contribution is 7.99. The molecule has 2 nitrogen and oxygen atoms in total. The van der Waals surface area contributed by atoms with Crippen LogP contribution in [0.3, 0.4) is 0 Å². The Labute approximate surface area is 116 Å². The van der Waals surface area contributed by atoms with Crippen LogP contribution in [0.5, 0.6) is 0 Å². The van der Waals surface area contributed by atoms with Gasteiger partial charge in [-0.25, -0.2) is 0 Å². The Bertz CT molecular complexity index is 270. The lowest BCUT2D eigenvalue weighted by atomic mass is 9.95. The first kappa shape index (κ1) is 13.3. The molecule has 1 aliphatic carbocycles. The summed E-state index contributed by atoms with van der Waals surface area (Å²) in [4.78, 5) is 2.83. The average Bonchev–Trinajstić information content (AvgIpc) is 3.08. The summed E-state index contributed by atoms with van der Waals surface area (Å²) in [5.74, 6) is 5.55. The number of hydrogen-bond donors (Lipinski definition) is 1. The second-order valence-electron chi connectivity index (χ2n) is 6.85. The zero-order valence-corrected chi connectivity index (χ0v) is 12.7. The van der Waals surface area contributed by atoms with Gasteiger partial charge in [0.25, 0.3) is 0 Å². The fourth-order valence-corrected chi connectivity index (χ4v) is 4.87. The van der Waals surface area contributed by atoms with Crippen LogP contribution in [0.25, 0.3) is 0 Å². The van der Waals surface area contributed by atoms with Crippen molar-refractivity contribution in [2.75, 3.05) is 31.1 Å². The van der Waals surface area contributed by atoms with Gasteiger partial charge in [-0.2, -0.15) is 11.8 Å². The van der Waals surface area contributed by atoms with Crippen molar-refractivity contribution in [1.29, 1.82) is 0 Å². The Morgan fingerprint density at radius 2 is 2.11 bits per heavy atom. The van der Waals surface area contributed by atoms with Crippen molar-refractivity contribution in [1.82, 2.24) is 10.2 Å². The minimum absolute atomic E-state index is 0.769. The van der Waals surface area contributed by atoms with E-state index in [0.29, 0.717) is 0 Å². The summed E-state index contributed by atoms with van der Waals surface area (Å²) in [5.41, 5.74) is 0. The molecule has 0 spiro atoms. The summed E-state index contributed by atoms with van der Waals surface area (Å²) in [5, 5.41) is 3.82. The maximum absolute atomic E-state index is 3.82. The topological polar surface area (TPSA) is 15.3 Å². The first-order valence-electron chi connectivity index (χ1n) is 7.79. The Morgan fingerprint density at radius 3 is 2.72 bits per heavy atom. The molecule has 0 aromatic heterocycles. The molecule has 3 heteroatoms. The van der Waals surface area contributed by atoms with Crippen LogP contribution in [0.4, 0.5) is 0 Å². The summed E-state index contributed by atoms with van der Waals surface area (Å²) in [6.45, 7) is 8.68. The summed E-state index contributed by atoms with van der Waals surface area (Å²) in [6, 6.07) is 1.57. The van der Waals surface area contributed by atoms with E-state index in [1.165, 1.54) is 50.4 Å². The number of thioether (sulfide) groups is 1. The smallest absolute Gasteiger partial charge is 0.0244 e. The largest absolute Gasteiger partial charge is 0.311 e. The van der Waals surface area contributed by atoms with Gasteiger partial charge >= 0.3 is 0 Å². The molecular formula is C15H28N2S. The lowest BCUT2D eigenvalue weighted by molar-refractivity contribution is 0.0795. The predicted octanol–water partition coefficient (Wildman–Crippen LogP) is 2.45. The molecule has 2 aliphatic heterocycles. The van der Waals surface area contributed by atoms with Crippen LogP contribution in [-0.4, -0.2) is 48.1 Å². The number of nitrogens with zero attached hydrogens (tertiary/aromatic N) is 1. The molecule has 0 amide bonds. The Morgan fingerprint density at radius 1 is 1.28 bits per heavy atom. The van der Waals surface area contributed by atoms with Gasteiger partial charge in [-0.3, -0.25) is 4.90 Å². The van der Waals surface area contributed by atoms with Gasteiger partial charge in [0, 0.05) is 31.7 Å². The fraction of sp³-hybridized carbons (Fsp3) is 1.00. The van der Waals surface area contributed by atoms with E-state index < -0.39 is 0 Å². The van der Waals surface area contributed by atoms with E-state index in [4.69, 9.17) is 0 Å². The molecular weight excluding hydrogens is 240 g/mol. The van der Waals surface area contributed by atoms with Gasteiger partial charge < -0.3 is 5.32 Å². The van der Waals surface area contributed by atoms with Crippen molar-refractivity contribution in [3.05, 3.63) is 0 Å². The maximum atomic E-state index is 3.82. The third kappa shape index (κ3) is 3.05. The van der Waals surface area contributed by atoms with E-state index in [9.17, 15) is 0 Å². The summed E-state index contributed by atoms with van der Waals surface area (Å²) < 4.78 is 0. The van der Waals surface area contributed by atoms with Gasteiger partial charge in [0.2, 0.25) is 0 Å². The van der Waals surface area contributed by atoms with Gasteiger partial charge in [-0.1, -0.05) is 13.8 Å². The van der Waals surface area contributed by atoms with Crippen molar-refractivity contribution in [3.63, 3.8) is 0 Å². The Hall–Kier alpha value is 0.270. The minimum Gasteiger partial charge on any atom is -0.311 e. The van der Waals surface area contributed by atoms with Crippen LogP contribution in [0, 0.1) is 17.8 Å². The summed E-state index contributed by atoms with van der Waals surface area (Å²) in [6.07, 6.45) is 4.39. The minimum atomic E-state index is 0.769. The Balaban J connectivity index is 1.60. The molecule has 0 aromatic rings. The fourth-order valence-electron chi connectivity index (χ4n) is 3.59. The van der Waals surface area contributed by atoms with Crippen molar-refractivity contribution < 1.29 is 0 Å². The lowest BCUT2D eigenvalue weighted by Gasteiger charge is -2.43. The molecule has 2 heterocycles. The van der Waals surface area contributed by atoms with Crippen LogP contribution in [0.2, 0.25) is 0 Å². The van der Waals surface area contributed by atoms with Gasteiger partial charge in [0.05, 0.1) is 0 Å². The van der Waals surface area contributed by atoms with Crippen LogP contribution in [-0.2, 0) is 0 Å². The molecule has 3 atom stereocenters. The number of rotatable bonds is 4. The zero-order chi connectivity index (χ0) is 12.5. The van der Waals surface area contributed by atoms with Crippen LogP contribution >= 0.6 is 11.8 Å². The molecule has 18 heavy (non-hydrogen) atoms. The molecule has 0 bridgehead atoms. The average molecular weight is 268 g/mol. The number of piperazine rings is 1. The second-order valence-corrected chi connectivity index (χ2v) is 8.00. The van der Waals surface area contributed by atoms with E-state index in [2.05, 4.69) is 35.8 Å². The Kier molecular flexibility index (Phi) is 4.21. The molecule has 1 N–H and O–H groups in total. The first-order chi connectivity index (χ1) is 8.74. The number of hydrogen-bond acceptors (Lipinski definition) is 3. The van der Waals surface area contributed by atoms with Gasteiger partial charge in [-0.05, 0) is 48.5 Å². The molecule has 3 unspecified atom stereocenters. The third-order valence-corrected chi connectivity index (χ3v) is 6.20. The summed E-state index contributed by atoms with van der Waals surface area (Å²) in [7, 11) is 0. The molecule has 104 valence electrons. The maximum Gasteiger partial charge on any atom is 0.0244 e. The van der Waals surface area contributed by atoms with E-state index >= 15 is 0 Å². The number of nitrogens with one attached hydrogen (secondary N) is 1. The van der Waals surface area contributed by atoms with E-state index in [-0.39, 0.29) is 0 Å². The SMILES string of the molecule is CC(C)C1CNC(C2CC2)CN1CC1CCSC1. The molecule has 0 radical (unpaired) electrons. The third-order valence-electron chi connectivity index (χ3n) is 4.97. The predicted molar refractivity (Wildman–Crippen MR) is 80.1 cm³/mol. The van der Waals surface area contributed by atoms with E-state index in [0.717, 1.165) is 29.8 Å². The van der Waals surface area contributed by atoms with Gasteiger partial charge in [0.1, 0.15) is 0 Å². The van der Waals surface area contributed by atoms with E-state index in [1.54, 1.807) is 0 Å².